The van der Waals surface area contributed by atoms with Crippen molar-refractivity contribution < 1.29 is 23.0 Å². The summed E-state index contributed by atoms with van der Waals surface area (Å²) >= 11 is 0. The monoisotopic (exact) mass is 279 g/mol. The van der Waals surface area contributed by atoms with Crippen LogP contribution >= 0.6 is 0 Å². The van der Waals surface area contributed by atoms with Gasteiger partial charge in [0.15, 0.2) is 0 Å². The Morgan fingerprint density at radius 1 is 1.05 bits per heavy atom. The highest BCUT2D eigenvalue weighted by Crippen LogP contribution is 2.30. The predicted molar refractivity (Wildman–Crippen MR) is 64.9 cm³/mol. The lowest BCUT2D eigenvalue weighted by Gasteiger charge is -2.10. The lowest BCUT2D eigenvalue weighted by molar-refractivity contribution is -0.274. The Morgan fingerprint density at radius 3 is 2.35 bits per heavy atom. The summed E-state index contributed by atoms with van der Waals surface area (Å²) in [4.78, 5) is 0. The van der Waals surface area contributed by atoms with Crippen molar-refractivity contribution in [3.63, 3.8) is 0 Å². The van der Waals surface area contributed by atoms with E-state index < -0.39 is 6.36 Å². The summed E-state index contributed by atoms with van der Waals surface area (Å²) in [6, 6.07) is 11.4. The molecule has 2 rings (SSSR count). The maximum absolute atomic E-state index is 12.1. The quantitative estimate of drug-likeness (QED) is 0.908. The molecule has 0 unspecified atom stereocenters. The molecule has 0 heterocycles. The number of ether oxygens (including phenoxy) is 1. The van der Waals surface area contributed by atoms with E-state index in [0.29, 0.717) is 11.1 Å². The molecule has 20 heavy (non-hydrogen) atoms. The Morgan fingerprint density at radius 2 is 1.75 bits per heavy atom. The van der Waals surface area contributed by atoms with Gasteiger partial charge in [0.1, 0.15) is 17.6 Å². The van der Waals surface area contributed by atoms with Gasteiger partial charge in [-0.05, 0) is 35.4 Å². The first-order valence-electron chi connectivity index (χ1n) is 5.48. The highest BCUT2D eigenvalue weighted by molar-refractivity contribution is 5.68. The third-order valence-corrected chi connectivity index (χ3v) is 2.52. The van der Waals surface area contributed by atoms with Crippen LogP contribution in [0.4, 0.5) is 13.2 Å². The molecule has 102 valence electrons. The SMILES string of the molecule is N#Cc1ccc(-c2cccc(OC(F)(F)F)c2)cc1O. The third-order valence-electron chi connectivity index (χ3n) is 2.52. The summed E-state index contributed by atoms with van der Waals surface area (Å²) < 4.78 is 40.2. The first-order chi connectivity index (χ1) is 9.39. The number of nitrogens with zero attached hydrogens (tertiary/aromatic N) is 1. The van der Waals surface area contributed by atoms with E-state index in [4.69, 9.17) is 5.26 Å². The number of phenolic OH excluding ortho intramolecular Hbond substituents is 1. The highest BCUT2D eigenvalue weighted by Gasteiger charge is 2.31. The van der Waals surface area contributed by atoms with E-state index in [-0.39, 0.29) is 17.1 Å². The second-order valence-corrected chi connectivity index (χ2v) is 3.92. The Labute approximate surface area is 112 Å². The summed E-state index contributed by atoms with van der Waals surface area (Å²) in [6.07, 6.45) is -4.76. The van der Waals surface area contributed by atoms with Crippen molar-refractivity contribution in [2.45, 2.75) is 6.36 Å². The van der Waals surface area contributed by atoms with Gasteiger partial charge in [0.25, 0.3) is 0 Å². The topological polar surface area (TPSA) is 53.2 Å². The van der Waals surface area contributed by atoms with E-state index in [0.717, 1.165) is 0 Å². The van der Waals surface area contributed by atoms with Crippen LogP contribution in [0.3, 0.4) is 0 Å². The van der Waals surface area contributed by atoms with Crippen molar-refractivity contribution in [3.05, 3.63) is 48.0 Å². The van der Waals surface area contributed by atoms with Crippen molar-refractivity contribution in [3.8, 4) is 28.7 Å². The lowest BCUT2D eigenvalue weighted by atomic mass is 10.0. The fourth-order valence-corrected chi connectivity index (χ4v) is 1.68. The number of hydrogen-bond donors (Lipinski definition) is 1. The van der Waals surface area contributed by atoms with Crippen LogP contribution in [0.25, 0.3) is 11.1 Å². The molecule has 2 aromatic rings. The van der Waals surface area contributed by atoms with Gasteiger partial charge in [-0.1, -0.05) is 18.2 Å². The second-order valence-electron chi connectivity index (χ2n) is 3.92. The van der Waals surface area contributed by atoms with Crippen LogP contribution < -0.4 is 4.74 Å². The minimum atomic E-state index is -4.76. The molecule has 6 heteroatoms. The van der Waals surface area contributed by atoms with Crippen LogP contribution in [-0.2, 0) is 0 Å². The standard InChI is InChI=1S/C14H8F3NO2/c15-14(16,17)20-12-3-1-2-9(6-12)10-4-5-11(8-18)13(19)7-10/h1-7,19H. The predicted octanol–water partition coefficient (Wildman–Crippen LogP) is 3.83. The largest absolute Gasteiger partial charge is 0.573 e. The molecule has 0 aliphatic heterocycles. The molecule has 0 saturated heterocycles. The number of halogens is 3. The van der Waals surface area contributed by atoms with Crippen molar-refractivity contribution >= 4 is 0 Å². The number of benzene rings is 2. The van der Waals surface area contributed by atoms with E-state index in [1.54, 1.807) is 12.1 Å². The fourth-order valence-electron chi connectivity index (χ4n) is 1.68. The molecular weight excluding hydrogens is 271 g/mol. The summed E-state index contributed by atoms with van der Waals surface area (Å²) in [7, 11) is 0. The van der Waals surface area contributed by atoms with E-state index >= 15 is 0 Å². The number of rotatable bonds is 2. The molecule has 0 amide bonds. The normalized spacial score (nSPS) is 10.9. The van der Waals surface area contributed by atoms with Crippen molar-refractivity contribution in [1.29, 1.82) is 5.26 Å². The average molecular weight is 279 g/mol. The number of aromatic hydroxyl groups is 1. The van der Waals surface area contributed by atoms with Gasteiger partial charge >= 0.3 is 6.36 Å². The minimum Gasteiger partial charge on any atom is -0.507 e. The van der Waals surface area contributed by atoms with E-state index in [9.17, 15) is 18.3 Å². The van der Waals surface area contributed by atoms with Gasteiger partial charge in [-0.25, -0.2) is 0 Å². The zero-order chi connectivity index (χ0) is 14.8. The smallest absolute Gasteiger partial charge is 0.507 e. The Balaban J connectivity index is 2.36. The van der Waals surface area contributed by atoms with Crippen molar-refractivity contribution in [2.24, 2.45) is 0 Å². The highest BCUT2D eigenvalue weighted by atomic mass is 19.4. The molecule has 0 aliphatic carbocycles. The van der Waals surface area contributed by atoms with E-state index in [1.807, 2.05) is 0 Å². The summed E-state index contributed by atoms with van der Waals surface area (Å²) in [5.41, 5.74) is 1.01. The van der Waals surface area contributed by atoms with Gasteiger partial charge in [0.05, 0.1) is 5.56 Å². The molecule has 0 spiro atoms. The van der Waals surface area contributed by atoms with Crippen LogP contribution in [0.1, 0.15) is 5.56 Å². The molecule has 2 aromatic carbocycles. The van der Waals surface area contributed by atoms with E-state index in [2.05, 4.69) is 4.74 Å². The molecule has 1 N–H and O–H groups in total. The summed E-state index contributed by atoms with van der Waals surface area (Å²) in [6.45, 7) is 0. The van der Waals surface area contributed by atoms with Gasteiger partial charge in [0.2, 0.25) is 0 Å². The molecule has 0 aromatic heterocycles. The van der Waals surface area contributed by atoms with Gasteiger partial charge in [-0.15, -0.1) is 13.2 Å². The molecule has 0 radical (unpaired) electrons. The first kappa shape index (κ1) is 13.7. The molecule has 0 fully saturated rings. The van der Waals surface area contributed by atoms with Crippen LogP contribution in [-0.4, -0.2) is 11.5 Å². The number of hydrogen-bond acceptors (Lipinski definition) is 3. The molecular formula is C14H8F3NO2. The van der Waals surface area contributed by atoms with Gasteiger partial charge in [0, 0.05) is 0 Å². The van der Waals surface area contributed by atoms with E-state index in [1.165, 1.54) is 36.4 Å². The maximum Gasteiger partial charge on any atom is 0.573 e. The average Bonchev–Trinajstić information content (AvgIpc) is 2.37. The minimum absolute atomic E-state index is 0.0939. The van der Waals surface area contributed by atoms with Crippen molar-refractivity contribution in [1.82, 2.24) is 0 Å². The van der Waals surface area contributed by atoms with Crippen molar-refractivity contribution in [2.75, 3.05) is 0 Å². The molecule has 0 bridgehead atoms. The number of nitriles is 1. The van der Waals surface area contributed by atoms with Crippen LogP contribution in [0.15, 0.2) is 42.5 Å². The molecule has 0 atom stereocenters. The van der Waals surface area contributed by atoms with Gasteiger partial charge < -0.3 is 9.84 Å². The zero-order valence-electron chi connectivity index (χ0n) is 9.98. The number of phenols is 1. The second kappa shape index (κ2) is 5.13. The van der Waals surface area contributed by atoms with Crippen LogP contribution in [0.5, 0.6) is 11.5 Å². The van der Waals surface area contributed by atoms with Gasteiger partial charge in [-0.3, -0.25) is 0 Å². The lowest BCUT2D eigenvalue weighted by Crippen LogP contribution is -2.17. The Bertz CT molecular complexity index is 675. The summed E-state index contributed by atoms with van der Waals surface area (Å²) in [5.74, 6) is -0.578. The third kappa shape index (κ3) is 3.20. The molecule has 0 aliphatic rings. The molecule has 3 nitrogen and oxygen atoms in total. The zero-order valence-corrected chi connectivity index (χ0v) is 9.98. The van der Waals surface area contributed by atoms with Gasteiger partial charge in [-0.2, -0.15) is 5.26 Å². The first-order valence-corrected chi connectivity index (χ1v) is 5.48. The maximum atomic E-state index is 12.1. The van der Waals surface area contributed by atoms with Crippen LogP contribution in [0.2, 0.25) is 0 Å². The Hall–Kier alpha value is -2.68. The van der Waals surface area contributed by atoms with Crippen LogP contribution in [0, 0.1) is 11.3 Å². The molecule has 0 saturated carbocycles. The number of alkyl halides is 3. The Kier molecular flexibility index (Phi) is 3.53. The summed E-state index contributed by atoms with van der Waals surface area (Å²) in [5, 5.41) is 18.3. The fraction of sp³-hybridized carbons (Fsp3) is 0.0714.